The zero-order valence-corrected chi connectivity index (χ0v) is 14.6. The molecule has 5 nitrogen and oxygen atoms in total. The normalized spacial score (nSPS) is 12.9. The van der Waals surface area contributed by atoms with Gasteiger partial charge in [0.05, 0.1) is 6.61 Å². The Balaban J connectivity index is 1.44. The van der Waals surface area contributed by atoms with Crippen LogP contribution >= 0.6 is 0 Å². The first kappa shape index (κ1) is 17.9. The lowest BCUT2D eigenvalue weighted by atomic mass is 10.0. The Morgan fingerprint density at radius 2 is 2.08 bits per heavy atom. The minimum Gasteiger partial charge on any atom is -0.494 e. The number of halogens is 1. The van der Waals surface area contributed by atoms with Crippen LogP contribution in [0, 0.1) is 12.7 Å². The van der Waals surface area contributed by atoms with Gasteiger partial charge in [0.2, 0.25) is 11.8 Å². The number of carbonyl (C=O) groups excluding carboxylic acids is 2. The summed E-state index contributed by atoms with van der Waals surface area (Å²) in [6.07, 6.45) is 2.02. The first-order valence-corrected chi connectivity index (χ1v) is 8.63. The second-order valence-electron chi connectivity index (χ2n) is 6.33. The number of fused-ring (bicyclic) bond motifs is 1. The molecule has 1 aliphatic heterocycles. The fraction of sp³-hybridized carbons (Fsp3) is 0.300. The molecule has 2 amide bonds. The first-order valence-electron chi connectivity index (χ1n) is 8.63. The van der Waals surface area contributed by atoms with E-state index in [4.69, 9.17) is 4.74 Å². The Labute approximate surface area is 151 Å². The van der Waals surface area contributed by atoms with Gasteiger partial charge in [-0.2, -0.15) is 0 Å². The summed E-state index contributed by atoms with van der Waals surface area (Å²) in [6, 6.07) is 9.87. The fourth-order valence-corrected chi connectivity index (χ4v) is 2.81. The maximum atomic E-state index is 13.2. The van der Waals surface area contributed by atoms with Crippen LogP contribution in [0.25, 0.3) is 0 Å². The molecule has 1 aliphatic rings. The van der Waals surface area contributed by atoms with Gasteiger partial charge in [-0.05, 0) is 61.2 Å². The van der Waals surface area contributed by atoms with Gasteiger partial charge in [0.25, 0.3) is 0 Å². The van der Waals surface area contributed by atoms with E-state index < -0.39 is 0 Å². The van der Waals surface area contributed by atoms with Gasteiger partial charge in [-0.25, -0.2) is 4.39 Å². The predicted octanol–water partition coefficient (Wildman–Crippen LogP) is 3.82. The van der Waals surface area contributed by atoms with Gasteiger partial charge in [0, 0.05) is 24.2 Å². The van der Waals surface area contributed by atoms with E-state index in [1.807, 2.05) is 19.1 Å². The molecular weight excluding hydrogens is 335 g/mol. The van der Waals surface area contributed by atoms with Crippen molar-refractivity contribution in [3.63, 3.8) is 0 Å². The topological polar surface area (TPSA) is 67.4 Å². The summed E-state index contributed by atoms with van der Waals surface area (Å²) in [5.41, 5.74) is 3.20. The van der Waals surface area contributed by atoms with Crippen molar-refractivity contribution in [1.29, 1.82) is 0 Å². The highest BCUT2D eigenvalue weighted by Crippen LogP contribution is 2.26. The molecule has 136 valence electrons. The molecule has 0 atom stereocenters. The highest BCUT2D eigenvalue weighted by Gasteiger charge is 2.15. The number of rotatable bonds is 6. The molecule has 26 heavy (non-hydrogen) atoms. The van der Waals surface area contributed by atoms with Crippen LogP contribution in [0.1, 0.15) is 30.4 Å². The molecule has 0 saturated carbocycles. The molecular formula is C20H21FN2O3. The molecule has 0 bridgehead atoms. The van der Waals surface area contributed by atoms with Crippen LogP contribution < -0.4 is 15.4 Å². The van der Waals surface area contributed by atoms with Crippen LogP contribution in [-0.2, 0) is 16.0 Å². The molecule has 6 heteroatoms. The average Bonchev–Trinajstić information content (AvgIpc) is 2.62. The van der Waals surface area contributed by atoms with Crippen molar-refractivity contribution >= 4 is 23.2 Å². The zero-order chi connectivity index (χ0) is 18.5. The van der Waals surface area contributed by atoms with Gasteiger partial charge in [-0.3, -0.25) is 9.59 Å². The lowest BCUT2D eigenvalue weighted by Gasteiger charge is -2.17. The van der Waals surface area contributed by atoms with Crippen molar-refractivity contribution < 1.29 is 18.7 Å². The SMILES string of the molecule is Cc1ccc(F)cc1NC(=O)CCCOc1ccc2c(c1)CCC(=O)N2. The van der Waals surface area contributed by atoms with Gasteiger partial charge in [-0.1, -0.05) is 6.07 Å². The minimum atomic E-state index is -0.377. The van der Waals surface area contributed by atoms with Crippen molar-refractivity contribution in [3.05, 3.63) is 53.3 Å². The number of hydrogen-bond donors (Lipinski definition) is 2. The predicted molar refractivity (Wildman–Crippen MR) is 97.9 cm³/mol. The van der Waals surface area contributed by atoms with Crippen molar-refractivity contribution in [3.8, 4) is 5.75 Å². The molecule has 0 fully saturated rings. The van der Waals surface area contributed by atoms with Gasteiger partial charge in [-0.15, -0.1) is 0 Å². The molecule has 0 spiro atoms. The number of carbonyl (C=O) groups is 2. The molecule has 2 N–H and O–H groups in total. The van der Waals surface area contributed by atoms with E-state index >= 15 is 0 Å². The first-order chi connectivity index (χ1) is 12.5. The highest BCUT2D eigenvalue weighted by atomic mass is 19.1. The molecule has 1 heterocycles. The van der Waals surface area contributed by atoms with Crippen molar-refractivity contribution in [2.24, 2.45) is 0 Å². The summed E-state index contributed by atoms with van der Waals surface area (Å²) in [7, 11) is 0. The third-order valence-corrected chi connectivity index (χ3v) is 4.26. The number of nitrogens with one attached hydrogen (secondary N) is 2. The van der Waals surface area contributed by atoms with Crippen LogP contribution in [0.3, 0.4) is 0 Å². The van der Waals surface area contributed by atoms with E-state index in [1.165, 1.54) is 12.1 Å². The third-order valence-electron chi connectivity index (χ3n) is 4.26. The van der Waals surface area contributed by atoms with Gasteiger partial charge in [0.1, 0.15) is 11.6 Å². The standard InChI is InChI=1S/C20H21FN2O3/c1-13-4-6-15(21)12-18(13)23-19(24)3-2-10-26-16-7-8-17-14(11-16)5-9-20(25)22-17/h4,6-8,11-12H,2-3,5,9-10H2,1H3,(H,22,25)(H,23,24). The maximum Gasteiger partial charge on any atom is 0.224 e. The zero-order valence-electron chi connectivity index (χ0n) is 14.6. The van der Waals surface area contributed by atoms with Crippen molar-refractivity contribution in [1.82, 2.24) is 0 Å². The van der Waals surface area contributed by atoms with Gasteiger partial charge in [0.15, 0.2) is 0 Å². The summed E-state index contributed by atoms with van der Waals surface area (Å²) in [5.74, 6) is 0.209. The Hall–Kier alpha value is -2.89. The van der Waals surface area contributed by atoms with E-state index in [9.17, 15) is 14.0 Å². The Bertz CT molecular complexity index is 836. The van der Waals surface area contributed by atoms with Crippen molar-refractivity contribution in [2.75, 3.05) is 17.2 Å². The monoisotopic (exact) mass is 356 g/mol. The number of aryl methyl sites for hydroxylation is 2. The number of anilines is 2. The van der Waals surface area contributed by atoms with Crippen LogP contribution in [0.2, 0.25) is 0 Å². The van der Waals surface area contributed by atoms with Crippen LogP contribution in [0.5, 0.6) is 5.75 Å². The number of ether oxygens (including phenoxy) is 1. The van der Waals surface area contributed by atoms with E-state index in [-0.39, 0.29) is 24.1 Å². The van der Waals surface area contributed by atoms with Gasteiger partial charge >= 0.3 is 0 Å². The largest absolute Gasteiger partial charge is 0.494 e. The Kier molecular flexibility index (Phi) is 5.51. The molecule has 0 radical (unpaired) electrons. The van der Waals surface area contributed by atoms with Crippen molar-refractivity contribution in [2.45, 2.75) is 32.6 Å². The second-order valence-corrected chi connectivity index (χ2v) is 6.33. The molecule has 0 aliphatic carbocycles. The van der Waals surface area contributed by atoms with Gasteiger partial charge < -0.3 is 15.4 Å². The lowest BCUT2D eigenvalue weighted by Crippen LogP contribution is -2.18. The number of benzene rings is 2. The summed E-state index contributed by atoms with van der Waals surface area (Å²) >= 11 is 0. The summed E-state index contributed by atoms with van der Waals surface area (Å²) in [5, 5.41) is 5.55. The maximum absolute atomic E-state index is 13.2. The molecule has 0 saturated heterocycles. The lowest BCUT2D eigenvalue weighted by molar-refractivity contribution is -0.117. The van der Waals surface area contributed by atoms with E-state index in [0.29, 0.717) is 31.6 Å². The number of hydrogen-bond acceptors (Lipinski definition) is 3. The highest BCUT2D eigenvalue weighted by molar-refractivity contribution is 5.94. The second kappa shape index (κ2) is 7.99. The molecule has 3 rings (SSSR count). The van der Waals surface area contributed by atoms with Crippen LogP contribution in [0.4, 0.5) is 15.8 Å². The Morgan fingerprint density at radius 3 is 2.92 bits per heavy atom. The Morgan fingerprint density at radius 1 is 1.23 bits per heavy atom. The quantitative estimate of drug-likeness (QED) is 0.773. The third kappa shape index (κ3) is 4.59. The average molecular weight is 356 g/mol. The fourth-order valence-electron chi connectivity index (χ4n) is 2.81. The summed E-state index contributed by atoms with van der Waals surface area (Å²) in [6.45, 7) is 2.22. The summed E-state index contributed by atoms with van der Waals surface area (Å²) < 4.78 is 18.9. The summed E-state index contributed by atoms with van der Waals surface area (Å²) in [4.78, 5) is 23.3. The molecule has 0 unspecified atom stereocenters. The molecule has 2 aromatic carbocycles. The van der Waals surface area contributed by atoms with Crippen LogP contribution in [-0.4, -0.2) is 18.4 Å². The van der Waals surface area contributed by atoms with Crippen LogP contribution in [0.15, 0.2) is 36.4 Å². The molecule has 2 aromatic rings. The smallest absolute Gasteiger partial charge is 0.224 e. The number of amides is 2. The van der Waals surface area contributed by atoms with E-state index in [1.54, 1.807) is 12.1 Å². The van der Waals surface area contributed by atoms with E-state index in [0.717, 1.165) is 22.6 Å². The van der Waals surface area contributed by atoms with E-state index in [2.05, 4.69) is 10.6 Å². The minimum absolute atomic E-state index is 0.0331. The molecule has 0 aromatic heterocycles.